The molecule has 214 valence electrons. The average Bonchev–Trinajstić information content (AvgIpc) is 3.34. The van der Waals surface area contributed by atoms with Gasteiger partial charge in [0.05, 0.1) is 34.3 Å². The molecule has 1 amide bonds. The lowest BCUT2D eigenvalue weighted by atomic mass is 10.1. The minimum atomic E-state index is -0.468. The molecule has 0 bridgehead atoms. The van der Waals surface area contributed by atoms with Crippen LogP contribution in [0.1, 0.15) is 11.3 Å². The van der Waals surface area contributed by atoms with Crippen LogP contribution >= 0.6 is 0 Å². The van der Waals surface area contributed by atoms with Crippen LogP contribution in [0.15, 0.2) is 73.3 Å². The molecule has 0 unspecified atom stereocenters. The summed E-state index contributed by atoms with van der Waals surface area (Å²) >= 11 is 0. The Morgan fingerprint density at radius 2 is 1.93 bits per heavy atom. The molecular weight excluding hydrogens is 535 g/mol. The molecule has 3 aromatic heterocycles. The number of aromatic nitrogens is 5. The maximum atomic E-state index is 15.5. The van der Waals surface area contributed by atoms with Gasteiger partial charge in [0.15, 0.2) is 11.6 Å². The number of pyridine rings is 1. The van der Waals surface area contributed by atoms with Gasteiger partial charge in [0.25, 0.3) is 0 Å². The zero-order valence-electron chi connectivity index (χ0n) is 23.8. The summed E-state index contributed by atoms with van der Waals surface area (Å²) in [6.07, 6.45) is 10.0. The number of nitrogens with zero attached hydrogens (tertiary/aromatic N) is 6. The van der Waals surface area contributed by atoms with Crippen molar-refractivity contribution in [3.05, 3.63) is 90.4 Å². The van der Waals surface area contributed by atoms with Crippen LogP contribution in [0, 0.1) is 12.7 Å². The fraction of sp³-hybridized carbons (Fsp3) is 0.194. The Balaban J connectivity index is 1.30. The smallest absolute Gasteiger partial charge is 0.243 e. The van der Waals surface area contributed by atoms with Gasteiger partial charge < -0.3 is 24.8 Å². The van der Waals surface area contributed by atoms with Crippen LogP contribution in [0.4, 0.5) is 15.9 Å². The summed E-state index contributed by atoms with van der Waals surface area (Å²) < 4.78 is 23.4. The van der Waals surface area contributed by atoms with Gasteiger partial charge in [0.1, 0.15) is 23.3 Å². The molecule has 0 spiro atoms. The van der Waals surface area contributed by atoms with Crippen LogP contribution < -0.4 is 15.4 Å². The van der Waals surface area contributed by atoms with Crippen molar-refractivity contribution in [2.24, 2.45) is 7.05 Å². The second-order valence-corrected chi connectivity index (χ2v) is 9.92. The number of hydrogen-bond acceptors (Lipinski definition) is 8. The number of nitrogens with one attached hydrogen (secondary N) is 2. The van der Waals surface area contributed by atoms with Crippen LogP contribution in [0.25, 0.3) is 28.1 Å². The number of benzene rings is 2. The van der Waals surface area contributed by atoms with E-state index < -0.39 is 5.82 Å². The molecule has 0 atom stereocenters. The summed E-state index contributed by atoms with van der Waals surface area (Å²) in [5.74, 6) is 0.686. The van der Waals surface area contributed by atoms with Crippen LogP contribution in [0.3, 0.4) is 0 Å². The highest BCUT2D eigenvalue weighted by atomic mass is 19.1. The Kier molecular flexibility index (Phi) is 8.49. The number of fused-ring (bicyclic) bond motifs is 2. The molecule has 3 heterocycles. The van der Waals surface area contributed by atoms with Crippen molar-refractivity contribution in [3.8, 4) is 11.5 Å². The molecule has 0 aliphatic carbocycles. The normalized spacial score (nSPS) is 11.8. The molecule has 0 aliphatic heterocycles. The number of hydrogen-bond donors (Lipinski definition) is 2. The third kappa shape index (κ3) is 6.58. The molecular formula is C31H31FN8O2. The maximum Gasteiger partial charge on any atom is 0.243 e. The molecule has 0 aliphatic rings. The number of carbonyl (C=O) groups excluding carboxylic acids is 1. The largest absolute Gasteiger partial charge is 0.457 e. The summed E-state index contributed by atoms with van der Waals surface area (Å²) in [6.45, 7) is 2.69. The molecule has 5 rings (SSSR count). The van der Waals surface area contributed by atoms with E-state index in [4.69, 9.17) is 4.74 Å². The third-order valence-corrected chi connectivity index (χ3v) is 6.44. The highest BCUT2D eigenvalue weighted by Crippen LogP contribution is 2.33. The number of likely N-dealkylation sites (N-methyl/N-ethyl adjacent to an activating group) is 1. The van der Waals surface area contributed by atoms with Crippen molar-refractivity contribution in [3.63, 3.8) is 0 Å². The van der Waals surface area contributed by atoms with Crippen molar-refractivity contribution in [1.82, 2.24) is 34.7 Å². The van der Waals surface area contributed by atoms with E-state index in [2.05, 4.69) is 30.6 Å². The number of ether oxygens (including phenoxy) is 1. The zero-order valence-corrected chi connectivity index (χ0v) is 23.8. The first-order valence-electron chi connectivity index (χ1n) is 13.3. The Hall–Kier alpha value is -5.16. The average molecular weight is 567 g/mol. The van der Waals surface area contributed by atoms with Crippen LogP contribution in [-0.2, 0) is 11.8 Å². The number of anilines is 2. The minimum absolute atomic E-state index is 0.170. The standard InChI is InChI=1S/C31H31FN8O2/c1-20-27(42-22-10-13-26-25(17-22)36-19-40(26)4)14-12-23(29(20)32)38-31-30-24(34-18-35-31)11-9-21(37-30)7-5-15-33-28(41)8-6-16-39(2)3/h5-14,17-19H,15-16H2,1-4H3,(H,33,41)(H,34,35,38)/b7-5+,8-6+. The Morgan fingerprint density at radius 1 is 1.07 bits per heavy atom. The second-order valence-electron chi connectivity index (χ2n) is 9.92. The molecule has 0 radical (unpaired) electrons. The first-order chi connectivity index (χ1) is 20.3. The number of amides is 1. The van der Waals surface area contributed by atoms with E-state index in [1.807, 2.05) is 60.9 Å². The SMILES string of the molecule is Cc1c(Oc2ccc3c(c2)ncn3C)ccc(Nc2ncnc3ccc(/C=C/CNC(=O)/C=C/CN(C)C)nc23)c1F. The number of aryl methyl sites for hydroxylation is 1. The summed E-state index contributed by atoms with van der Waals surface area (Å²) in [6, 6.07) is 12.5. The van der Waals surface area contributed by atoms with E-state index in [-0.39, 0.29) is 11.6 Å². The highest BCUT2D eigenvalue weighted by molar-refractivity contribution is 5.88. The molecule has 5 aromatic rings. The van der Waals surface area contributed by atoms with Gasteiger partial charge in [0.2, 0.25) is 5.91 Å². The van der Waals surface area contributed by atoms with Gasteiger partial charge in [-0.05, 0) is 63.5 Å². The third-order valence-electron chi connectivity index (χ3n) is 6.44. The van der Waals surface area contributed by atoms with E-state index in [0.29, 0.717) is 52.7 Å². The van der Waals surface area contributed by atoms with Crippen molar-refractivity contribution >= 4 is 45.6 Å². The lowest BCUT2D eigenvalue weighted by Crippen LogP contribution is -2.21. The van der Waals surface area contributed by atoms with Gasteiger partial charge >= 0.3 is 0 Å². The number of halogens is 1. The second kappa shape index (κ2) is 12.6. The van der Waals surface area contributed by atoms with Gasteiger partial charge in [0, 0.05) is 37.8 Å². The van der Waals surface area contributed by atoms with Gasteiger partial charge in [-0.15, -0.1) is 0 Å². The van der Waals surface area contributed by atoms with Crippen LogP contribution in [0.5, 0.6) is 11.5 Å². The van der Waals surface area contributed by atoms with E-state index in [0.717, 1.165) is 11.0 Å². The van der Waals surface area contributed by atoms with Gasteiger partial charge in [-0.2, -0.15) is 0 Å². The molecule has 2 N–H and O–H groups in total. The van der Waals surface area contributed by atoms with Gasteiger partial charge in [-0.1, -0.05) is 12.2 Å². The number of carbonyl (C=O) groups is 1. The van der Waals surface area contributed by atoms with E-state index in [9.17, 15) is 4.79 Å². The fourth-order valence-corrected chi connectivity index (χ4v) is 4.22. The van der Waals surface area contributed by atoms with E-state index in [1.165, 1.54) is 12.4 Å². The van der Waals surface area contributed by atoms with Crippen molar-refractivity contribution in [2.75, 3.05) is 32.5 Å². The van der Waals surface area contributed by atoms with E-state index >= 15 is 4.39 Å². The molecule has 0 fully saturated rings. The van der Waals surface area contributed by atoms with Crippen LogP contribution in [-0.4, -0.2) is 62.5 Å². The van der Waals surface area contributed by atoms with Gasteiger partial charge in [-0.3, -0.25) is 4.79 Å². The summed E-state index contributed by atoms with van der Waals surface area (Å²) in [5.41, 5.74) is 4.07. The molecule has 0 saturated carbocycles. The topological polar surface area (TPSA) is 110 Å². The quantitative estimate of drug-likeness (QED) is 0.224. The lowest BCUT2D eigenvalue weighted by molar-refractivity contribution is -0.116. The van der Waals surface area contributed by atoms with Crippen molar-refractivity contribution in [2.45, 2.75) is 6.92 Å². The first-order valence-corrected chi connectivity index (χ1v) is 13.3. The van der Waals surface area contributed by atoms with E-state index in [1.54, 1.807) is 43.6 Å². The predicted octanol–water partition coefficient (Wildman–Crippen LogP) is 5.14. The molecule has 0 saturated heterocycles. The van der Waals surface area contributed by atoms with Crippen molar-refractivity contribution < 1.29 is 13.9 Å². The minimum Gasteiger partial charge on any atom is -0.457 e. The zero-order chi connectivity index (χ0) is 29.6. The predicted molar refractivity (Wildman–Crippen MR) is 162 cm³/mol. The van der Waals surface area contributed by atoms with Gasteiger partial charge in [-0.25, -0.2) is 24.3 Å². The first kappa shape index (κ1) is 28.4. The molecule has 2 aromatic carbocycles. The number of imidazole rings is 1. The van der Waals surface area contributed by atoms with Crippen molar-refractivity contribution in [1.29, 1.82) is 0 Å². The molecule has 42 heavy (non-hydrogen) atoms. The molecule has 11 heteroatoms. The summed E-state index contributed by atoms with van der Waals surface area (Å²) in [4.78, 5) is 31.5. The fourth-order valence-electron chi connectivity index (χ4n) is 4.22. The highest BCUT2D eigenvalue weighted by Gasteiger charge is 2.15. The van der Waals surface area contributed by atoms with Crippen LogP contribution in [0.2, 0.25) is 0 Å². The Bertz CT molecular complexity index is 1810. The molecule has 10 nitrogen and oxygen atoms in total. The lowest BCUT2D eigenvalue weighted by Gasteiger charge is -2.14. The Labute approximate surface area is 242 Å². The monoisotopic (exact) mass is 566 g/mol. The maximum absolute atomic E-state index is 15.5. The Morgan fingerprint density at radius 3 is 2.76 bits per heavy atom. The summed E-state index contributed by atoms with van der Waals surface area (Å²) in [5, 5.41) is 5.86. The summed E-state index contributed by atoms with van der Waals surface area (Å²) in [7, 11) is 5.79. The number of rotatable bonds is 10.